The standard InChI is InChI=1S/C24H23FN6O3/c1-13-21-12-34-22-11-30(10-20(22)31(21)29-26-13)24(33)17-8-14(6-7-18(17)25)9-19-15-4-2-3-5-16(15)23(32)28-27-19/h2-8,13,20-22H,9-12H2,1H3,(H,28,32). The normalized spacial score (nSPS) is 25.6. The van der Waals surface area contributed by atoms with Crippen LogP contribution in [0.4, 0.5) is 4.39 Å². The van der Waals surface area contributed by atoms with Crippen molar-refractivity contribution in [2.24, 2.45) is 10.3 Å². The van der Waals surface area contributed by atoms with Crippen molar-refractivity contribution >= 4 is 16.7 Å². The molecule has 3 aliphatic heterocycles. The summed E-state index contributed by atoms with van der Waals surface area (Å²) in [6, 6.07) is 11.8. The van der Waals surface area contributed by atoms with Crippen LogP contribution in [0.3, 0.4) is 0 Å². The number of H-pyrrole nitrogens is 1. The number of likely N-dealkylation sites (tertiary alicyclic amines) is 1. The molecule has 2 fully saturated rings. The summed E-state index contributed by atoms with van der Waals surface area (Å²) in [6.45, 7) is 3.30. The lowest BCUT2D eigenvalue weighted by molar-refractivity contribution is -0.0757. The van der Waals surface area contributed by atoms with Gasteiger partial charge in [-0.3, -0.25) is 14.6 Å². The van der Waals surface area contributed by atoms with Crippen LogP contribution >= 0.6 is 0 Å². The molecule has 2 saturated heterocycles. The predicted octanol–water partition coefficient (Wildman–Crippen LogP) is 2.32. The highest BCUT2D eigenvalue weighted by Crippen LogP contribution is 2.32. The Morgan fingerprint density at radius 1 is 1.18 bits per heavy atom. The minimum absolute atomic E-state index is 0.0119. The molecule has 0 saturated carbocycles. The fourth-order valence-electron chi connectivity index (χ4n) is 5.11. The van der Waals surface area contributed by atoms with Crippen LogP contribution < -0.4 is 5.56 Å². The molecule has 0 bridgehead atoms. The fourth-order valence-corrected chi connectivity index (χ4v) is 5.11. The van der Waals surface area contributed by atoms with E-state index in [2.05, 4.69) is 20.5 Å². The van der Waals surface area contributed by atoms with Gasteiger partial charge in [0.25, 0.3) is 11.5 Å². The van der Waals surface area contributed by atoms with Gasteiger partial charge in [0.05, 0.1) is 47.5 Å². The lowest BCUT2D eigenvalue weighted by Gasteiger charge is -2.37. The van der Waals surface area contributed by atoms with Gasteiger partial charge in [-0.25, -0.2) is 9.49 Å². The average Bonchev–Trinajstić information content (AvgIpc) is 3.45. The van der Waals surface area contributed by atoms with Crippen LogP contribution in [-0.2, 0) is 11.2 Å². The Labute approximate surface area is 194 Å². The van der Waals surface area contributed by atoms with E-state index in [1.807, 2.05) is 24.1 Å². The second-order valence-corrected chi connectivity index (χ2v) is 9.08. The van der Waals surface area contributed by atoms with Gasteiger partial charge in [-0.05, 0) is 30.7 Å². The lowest BCUT2D eigenvalue weighted by Crippen LogP contribution is -2.54. The summed E-state index contributed by atoms with van der Waals surface area (Å²) >= 11 is 0. The molecule has 3 aliphatic rings. The Kier molecular flexibility index (Phi) is 4.91. The SMILES string of the molecule is CC1N=NN2C1COC1CN(C(=O)c3cc(Cc4n[nH]c(=O)c5ccccc45)ccc3F)CC12. The molecule has 34 heavy (non-hydrogen) atoms. The van der Waals surface area contributed by atoms with Crippen molar-refractivity contribution in [3.8, 4) is 0 Å². The third kappa shape index (κ3) is 3.37. The number of hydrogen-bond donors (Lipinski definition) is 1. The van der Waals surface area contributed by atoms with Crippen molar-refractivity contribution in [1.82, 2.24) is 20.1 Å². The summed E-state index contributed by atoms with van der Waals surface area (Å²) in [4.78, 5) is 27.0. The topological polar surface area (TPSA) is 103 Å². The van der Waals surface area contributed by atoms with Crippen molar-refractivity contribution in [2.75, 3.05) is 19.7 Å². The van der Waals surface area contributed by atoms with E-state index in [1.54, 1.807) is 29.2 Å². The van der Waals surface area contributed by atoms with Crippen molar-refractivity contribution < 1.29 is 13.9 Å². The van der Waals surface area contributed by atoms with E-state index >= 15 is 0 Å². The highest BCUT2D eigenvalue weighted by molar-refractivity contribution is 5.95. The molecule has 1 N–H and O–H groups in total. The summed E-state index contributed by atoms with van der Waals surface area (Å²) in [5.41, 5.74) is 1.13. The molecule has 10 heteroatoms. The van der Waals surface area contributed by atoms with E-state index in [0.717, 1.165) is 10.9 Å². The molecular weight excluding hydrogens is 439 g/mol. The van der Waals surface area contributed by atoms with Gasteiger partial charge < -0.3 is 9.64 Å². The van der Waals surface area contributed by atoms with Crippen molar-refractivity contribution in [3.05, 3.63) is 75.5 Å². The number of fused-ring (bicyclic) bond motifs is 4. The Hall–Kier alpha value is -3.66. The summed E-state index contributed by atoms with van der Waals surface area (Å²) in [7, 11) is 0. The van der Waals surface area contributed by atoms with Gasteiger partial charge in [-0.1, -0.05) is 29.5 Å². The van der Waals surface area contributed by atoms with Gasteiger partial charge in [0.2, 0.25) is 0 Å². The maximum atomic E-state index is 14.8. The Morgan fingerprint density at radius 2 is 2.00 bits per heavy atom. The molecule has 174 valence electrons. The van der Waals surface area contributed by atoms with E-state index < -0.39 is 5.82 Å². The summed E-state index contributed by atoms with van der Waals surface area (Å²) in [5.74, 6) is -0.950. The maximum Gasteiger partial charge on any atom is 0.272 e. The molecule has 4 heterocycles. The zero-order chi connectivity index (χ0) is 23.4. The first-order valence-corrected chi connectivity index (χ1v) is 11.3. The number of carbonyl (C=O) groups excluding carboxylic acids is 1. The molecular formula is C24H23FN6O3. The number of benzene rings is 2. The third-order valence-corrected chi connectivity index (χ3v) is 6.99. The van der Waals surface area contributed by atoms with Crippen molar-refractivity contribution in [2.45, 2.75) is 37.6 Å². The summed E-state index contributed by atoms with van der Waals surface area (Å²) < 4.78 is 20.8. The number of aromatic amines is 1. The van der Waals surface area contributed by atoms with Crippen LogP contribution in [0.25, 0.3) is 10.8 Å². The van der Waals surface area contributed by atoms with Gasteiger partial charge in [-0.2, -0.15) is 10.2 Å². The third-order valence-electron chi connectivity index (χ3n) is 6.99. The van der Waals surface area contributed by atoms with E-state index in [0.29, 0.717) is 37.2 Å². The van der Waals surface area contributed by atoms with Crippen LogP contribution in [0.2, 0.25) is 0 Å². The lowest BCUT2D eigenvalue weighted by atomic mass is 10.0. The molecule has 0 aliphatic carbocycles. The molecule has 0 spiro atoms. The summed E-state index contributed by atoms with van der Waals surface area (Å²) in [5, 5.41) is 18.5. The molecule has 4 atom stereocenters. The second-order valence-electron chi connectivity index (χ2n) is 9.08. The number of halogens is 1. The first-order chi connectivity index (χ1) is 16.5. The van der Waals surface area contributed by atoms with Gasteiger partial charge in [0.15, 0.2) is 0 Å². The zero-order valence-corrected chi connectivity index (χ0v) is 18.5. The molecule has 9 nitrogen and oxygen atoms in total. The molecule has 3 aromatic rings. The molecule has 1 amide bonds. The number of nitrogens with zero attached hydrogens (tertiary/aromatic N) is 5. The Balaban J connectivity index is 1.25. The van der Waals surface area contributed by atoms with E-state index in [1.165, 1.54) is 6.07 Å². The first-order valence-electron chi connectivity index (χ1n) is 11.3. The highest BCUT2D eigenvalue weighted by atomic mass is 19.1. The number of aromatic nitrogens is 2. The van der Waals surface area contributed by atoms with E-state index in [9.17, 15) is 14.0 Å². The maximum absolute atomic E-state index is 14.8. The van der Waals surface area contributed by atoms with Crippen LogP contribution in [0, 0.1) is 5.82 Å². The number of carbonyl (C=O) groups is 1. The van der Waals surface area contributed by atoms with Crippen LogP contribution in [-0.4, -0.2) is 69.9 Å². The molecule has 4 unspecified atom stereocenters. The van der Waals surface area contributed by atoms with E-state index in [-0.39, 0.29) is 41.3 Å². The Bertz CT molecular complexity index is 1370. The molecule has 2 aromatic carbocycles. The Morgan fingerprint density at radius 3 is 2.85 bits per heavy atom. The largest absolute Gasteiger partial charge is 0.372 e. The second kappa shape index (κ2) is 7.98. The van der Waals surface area contributed by atoms with E-state index in [4.69, 9.17) is 4.74 Å². The smallest absolute Gasteiger partial charge is 0.272 e. The average molecular weight is 462 g/mol. The minimum atomic E-state index is -0.573. The van der Waals surface area contributed by atoms with Crippen molar-refractivity contribution in [1.29, 1.82) is 0 Å². The zero-order valence-electron chi connectivity index (χ0n) is 18.5. The van der Waals surface area contributed by atoms with Crippen LogP contribution in [0.1, 0.15) is 28.5 Å². The molecule has 1 aromatic heterocycles. The van der Waals surface area contributed by atoms with Gasteiger partial charge in [0, 0.05) is 24.9 Å². The number of hydrogen-bond acceptors (Lipinski definition) is 7. The summed E-state index contributed by atoms with van der Waals surface area (Å²) in [6.07, 6.45) is 0.173. The van der Waals surface area contributed by atoms with Crippen LogP contribution in [0.5, 0.6) is 0 Å². The molecule has 0 radical (unpaired) electrons. The fraction of sp³-hybridized carbons (Fsp3) is 0.375. The number of morpholine rings is 1. The van der Waals surface area contributed by atoms with Gasteiger partial charge in [-0.15, -0.1) is 0 Å². The molecule has 6 rings (SSSR count). The van der Waals surface area contributed by atoms with Crippen molar-refractivity contribution in [3.63, 3.8) is 0 Å². The van der Waals surface area contributed by atoms with Crippen LogP contribution in [0.15, 0.2) is 57.6 Å². The predicted molar refractivity (Wildman–Crippen MR) is 121 cm³/mol. The highest BCUT2D eigenvalue weighted by Gasteiger charge is 2.48. The van der Waals surface area contributed by atoms with Gasteiger partial charge in [0.1, 0.15) is 5.82 Å². The minimum Gasteiger partial charge on any atom is -0.372 e. The quantitative estimate of drug-likeness (QED) is 0.644. The number of amides is 1. The number of ether oxygens (including phenoxy) is 1. The monoisotopic (exact) mass is 462 g/mol. The number of rotatable bonds is 3. The first kappa shape index (κ1) is 20.9. The van der Waals surface area contributed by atoms with Gasteiger partial charge >= 0.3 is 0 Å². The number of nitrogens with one attached hydrogen (secondary N) is 1.